The van der Waals surface area contributed by atoms with Gasteiger partial charge in [0.15, 0.2) is 0 Å². The molecule has 3 N–H and O–H groups in total. The van der Waals surface area contributed by atoms with Gasteiger partial charge in [-0.2, -0.15) is 0 Å². The predicted octanol–water partition coefficient (Wildman–Crippen LogP) is 2.17. The van der Waals surface area contributed by atoms with Crippen LogP contribution in [0.2, 0.25) is 0 Å². The highest BCUT2D eigenvalue weighted by atomic mass is 16.2. The zero-order chi connectivity index (χ0) is 16.8. The number of aromatic nitrogens is 3. The molecule has 0 radical (unpaired) electrons. The third-order valence-corrected chi connectivity index (χ3v) is 3.68. The number of carbonyl (C=O) groups is 1. The van der Waals surface area contributed by atoms with Gasteiger partial charge in [0.25, 0.3) is 5.91 Å². The Morgan fingerprint density at radius 3 is 2.74 bits per heavy atom. The fourth-order valence-electron chi connectivity index (χ4n) is 2.43. The number of unbranched alkanes of at least 4 members (excludes halogenated alkanes) is 1. The number of rotatable bonds is 7. The second-order valence-corrected chi connectivity index (χ2v) is 5.86. The maximum Gasteiger partial charge on any atom is 0.290 e. The number of hydrogen-bond acceptors (Lipinski definition) is 4. The van der Waals surface area contributed by atoms with Crippen molar-refractivity contribution >= 4 is 5.91 Å². The first-order chi connectivity index (χ1) is 11.0. The first-order valence-electron chi connectivity index (χ1n) is 8.05. The van der Waals surface area contributed by atoms with Crippen LogP contribution in [0.4, 0.5) is 0 Å². The molecule has 1 aromatic carbocycles. The molecule has 1 heterocycles. The smallest absolute Gasteiger partial charge is 0.290 e. The Morgan fingerprint density at radius 1 is 1.30 bits per heavy atom. The lowest BCUT2D eigenvalue weighted by atomic mass is 10.0. The summed E-state index contributed by atoms with van der Waals surface area (Å²) in [6.45, 7) is 7.35. The normalized spacial score (nSPS) is 11.0. The largest absolute Gasteiger partial charge is 0.349 e. The third kappa shape index (κ3) is 4.16. The van der Waals surface area contributed by atoms with E-state index in [9.17, 15) is 4.79 Å². The van der Waals surface area contributed by atoms with Crippen LogP contribution in [0.25, 0.3) is 5.69 Å². The van der Waals surface area contributed by atoms with Crippen LogP contribution in [-0.4, -0.2) is 33.8 Å². The minimum atomic E-state index is -0.245. The second-order valence-electron chi connectivity index (χ2n) is 5.86. The Hall–Kier alpha value is -2.21. The van der Waals surface area contributed by atoms with Crippen LogP contribution in [0.15, 0.2) is 24.3 Å². The van der Waals surface area contributed by atoms with E-state index < -0.39 is 0 Å². The van der Waals surface area contributed by atoms with E-state index in [4.69, 9.17) is 5.73 Å². The van der Waals surface area contributed by atoms with Crippen LogP contribution in [0.5, 0.6) is 0 Å². The fourth-order valence-corrected chi connectivity index (χ4v) is 2.43. The molecule has 23 heavy (non-hydrogen) atoms. The summed E-state index contributed by atoms with van der Waals surface area (Å²) in [4.78, 5) is 16.4. The van der Waals surface area contributed by atoms with Gasteiger partial charge in [0.1, 0.15) is 5.82 Å². The van der Waals surface area contributed by atoms with E-state index in [-0.39, 0.29) is 11.7 Å². The van der Waals surface area contributed by atoms with Crippen LogP contribution in [0, 0.1) is 6.92 Å². The molecule has 2 rings (SSSR count). The average Bonchev–Trinajstić information content (AvgIpc) is 2.93. The summed E-state index contributed by atoms with van der Waals surface area (Å²) in [5, 5.41) is 7.22. The molecule has 1 amide bonds. The SMILES string of the molecule is Cc1nc(C(=O)NCCCCN)nn1-c1ccccc1C(C)C. The molecule has 0 spiro atoms. The summed E-state index contributed by atoms with van der Waals surface area (Å²) >= 11 is 0. The summed E-state index contributed by atoms with van der Waals surface area (Å²) in [7, 11) is 0. The van der Waals surface area contributed by atoms with Crippen LogP contribution in [-0.2, 0) is 0 Å². The van der Waals surface area contributed by atoms with Gasteiger partial charge in [-0.15, -0.1) is 5.10 Å². The number of hydrogen-bond donors (Lipinski definition) is 2. The molecule has 0 aliphatic rings. The van der Waals surface area contributed by atoms with Crippen LogP contribution >= 0.6 is 0 Å². The van der Waals surface area contributed by atoms with Crippen molar-refractivity contribution in [3.8, 4) is 5.69 Å². The molecule has 124 valence electrons. The summed E-state index contributed by atoms with van der Waals surface area (Å²) in [5.74, 6) is 1.02. The molecular weight excluding hydrogens is 290 g/mol. The van der Waals surface area contributed by atoms with Crippen LogP contribution < -0.4 is 11.1 Å². The molecule has 6 heteroatoms. The Bertz CT molecular complexity index is 663. The average molecular weight is 315 g/mol. The van der Waals surface area contributed by atoms with Crippen molar-refractivity contribution in [1.29, 1.82) is 0 Å². The van der Waals surface area contributed by atoms with Crippen LogP contribution in [0.3, 0.4) is 0 Å². The van der Waals surface area contributed by atoms with Crippen molar-refractivity contribution in [2.45, 2.75) is 39.5 Å². The van der Waals surface area contributed by atoms with Crippen molar-refractivity contribution in [3.63, 3.8) is 0 Å². The number of nitrogens with two attached hydrogens (primary N) is 1. The number of para-hydroxylation sites is 1. The highest BCUT2D eigenvalue weighted by Gasteiger charge is 2.17. The summed E-state index contributed by atoms with van der Waals surface area (Å²) in [5.41, 5.74) is 7.59. The Kier molecular flexibility index (Phi) is 5.87. The molecule has 6 nitrogen and oxygen atoms in total. The van der Waals surface area contributed by atoms with E-state index in [0.717, 1.165) is 18.5 Å². The highest BCUT2D eigenvalue weighted by molar-refractivity contribution is 5.90. The summed E-state index contributed by atoms with van der Waals surface area (Å²) in [6.07, 6.45) is 1.75. The Morgan fingerprint density at radius 2 is 2.04 bits per heavy atom. The number of amides is 1. The van der Waals surface area contributed by atoms with Gasteiger partial charge in [-0.3, -0.25) is 4.79 Å². The van der Waals surface area contributed by atoms with Gasteiger partial charge in [0.2, 0.25) is 5.82 Å². The maximum absolute atomic E-state index is 12.1. The monoisotopic (exact) mass is 315 g/mol. The quantitative estimate of drug-likeness (QED) is 0.767. The molecular formula is C17H25N5O. The molecule has 0 aliphatic heterocycles. The van der Waals surface area contributed by atoms with Gasteiger partial charge in [0.05, 0.1) is 5.69 Å². The molecule has 0 fully saturated rings. The number of nitrogens with one attached hydrogen (secondary N) is 1. The van der Waals surface area contributed by atoms with Crippen molar-refractivity contribution in [2.24, 2.45) is 5.73 Å². The Balaban J connectivity index is 2.20. The van der Waals surface area contributed by atoms with E-state index >= 15 is 0 Å². The first kappa shape index (κ1) is 17.1. The van der Waals surface area contributed by atoms with Gasteiger partial charge < -0.3 is 11.1 Å². The van der Waals surface area contributed by atoms with Gasteiger partial charge in [0, 0.05) is 6.54 Å². The molecule has 0 saturated heterocycles. The topological polar surface area (TPSA) is 85.8 Å². The molecule has 0 bridgehead atoms. The minimum Gasteiger partial charge on any atom is -0.349 e. The standard InChI is InChI=1S/C17H25N5O/c1-12(2)14-8-4-5-9-15(14)22-13(3)20-16(21-22)17(23)19-11-7-6-10-18/h4-5,8-9,12H,6-7,10-11,18H2,1-3H3,(H,19,23). The number of nitrogens with zero attached hydrogens (tertiary/aromatic N) is 3. The van der Waals surface area contributed by atoms with Gasteiger partial charge >= 0.3 is 0 Å². The zero-order valence-corrected chi connectivity index (χ0v) is 14.0. The molecule has 0 unspecified atom stereocenters. The lowest BCUT2D eigenvalue weighted by molar-refractivity contribution is 0.0942. The number of benzene rings is 1. The highest BCUT2D eigenvalue weighted by Crippen LogP contribution is 2.23. The Labute approximate surface area is 137 Å². The lowest BCUT2D eigenvalue weighted by Crippen LogP contribution is -2.26. The first-order valence-corrected chi connectivity index (χ1v) is 8.05. The van der Waals surface area contributed by atoms with Crippen molar-refractivity contribution in [3.05, 3.63) is 41.5 Å². The molecule has 0 aliphatic carbocycles. The predicted molar refractivity (Wildman–Crippen MR) is 90.8 cm³/mol. The maximum atomic E-state index is 12.1. The van der Waals surface area contributed by atoms with Crippen molar-refractivity contribution < 1.29 is 4.79 Å². The van der Waals surface area contributed by atoms with Gasteiger partial charge in [-0.25, -0.2) is 9.67 Å². The van der Waals surface area contributed by atoms with Crippen LogP contribution in [0.1, 0.15) is 54.6 Å². The molecule has 0 atom stereocenters. The van der Waals surface area contributed by atoms with E-state index in [1.54, 1.807) is 4.68 Å². The summed E-state index contributed by atoms with van der Waals surface area (Å²) < 4.78 is 1.74. The van der Waals surface area contributed by atoms with E-state index in [1.165, 1.54) is 5.56 Å². The van der Waals surface area contributed by atoms with E-state index in [1.807, 2.05) is 25.1 Å². The van der Waals surface area contributed by atoms with Crippen molar-refractivity contribution in [1.82, 2.24) is 20.1 Å². The second kappa shape index (κ2) is 7.87. The molecule has 0 saturated carbocycles. The van der Waals surface area contributed by atoms with Crippen molar-refractivity contribution in [2.75, 3.05) is 13.1 Å². The van der Waals surface area contributed by atoms with E-state index in [2.05, 4.69) is 35.3 Å². The summed E-state index contributed by atoms with van der Waals surface area (Å²) in [6, 6.07) is 8.05. The molecule has 2 aromatic rings. The zero-order valence-electron chi connectivity index (χ0n) is 14.0. The third-order valence-electron chi connectivity index (χ3n) is 3.68. The minimum absolute atomic E-state index is 0.203. The number of carbonyl (C=O) groups excluding carboxylic acids is 1. The molecule has 1 aromatic heterocycles. The lowest BCUT2D eigenvalue weighted by Gasteiger charge is -2.12. The number of aryl methyl sites for hydroxylation is 1. The van der Waals surface area contributed by atoms with E-state index in [0.29, 0.717) is 24.8 Å². The van der Waals surface area contributed by atoms with Gasteiger partial charge in [-0.05, 0) is 43.9 Å². The fraction of sp³-hybridized carbons (Fsp3) is 0.471. The van der Waals surface area contributed by atoms with Gasteiger partial charge in [-0.1, -0.05) is 32.0 Å².